The minimum Gasteiger partial charge on any atom is -0.481 e. The molecule has 2 aromatic heterocycles. The first kappa shape index (κ1) is 24.1. The van der Waals surface area contributed by atoms with Crippen molar-refractivity contribution in [2.75, 3.05) is 11.9 Å². The second kappa shape index (κ2) is 10.9. The van der Waals surface area contributed by atoms with Gasteiger partial charge in [0.05, 0.1) is 16.6 Å². The van der Waals surface area contributed by atoms with Gasteiger partial charge in [0.15, 0.2) is 11.0 Å². The van der Waals surface area contributed by atoms with Gasteiger partial charge in [0.2, 0.25) is 5.91 Å². The number of rotatable bonds is 9. The Bertz CT molecular complexity index is 1430. The van der Waals surface area contributed by atoms with E-state index in [1.807, 2.05) is 54.0 Å². The Balaban J connectivity index is 1.42. The van der Waals surface area contributed by atoms with Crippen molar-refractivity contribution in [3.63, 3.8) is 0 Å². The van der Waals surface area contributed by atoms with Crippen LogP contribution in [0.2, 0.25) is 5.02 Å². The van der Waals surface area contributed by atoms with Crippen molar-refractivity contribution in [3.05, 3.63) is 71.5 Å². The molecule has 0 radical (unpaired) electrons. The molecule has 4 rings (SSSR count). The molecular formula is C24H21ClN6O3S. The number of halogens is 1. The Morgan fingerprint density at radius 1 is 1.14 bits per heavy atom. The van der Waals surface area contributed by atoms with Crippen molar-refractivity contribution >= 4 is 62.0 Å². The number of aryl methyl sites for hydroxylation is 1. The average Bonchev–Trinajstić information content (AvgIpc) is 3.39. The van der Waals surface area contributed by atoms with Gasteiger partial charge in [0.1, 0.15) is 5.82 Å². The molecule has 9 nitrogen and oxygen atoms in total. The molecule has 0 spiro atoms. The van der Waals surface area contributed by atoms with E-state index >= 15 is 0 Å². The molecular weight excluding hydrogens is 488 g/mol. The van der Waals surface area contributed by atoms with E-state index in [4.69, 9.17) is 16.7 Å². The molecule has 4 aromatic rings. The molecule has 1 amide bonds. The number of fused-ring (bicyclic) bond motifs is 1. The lowest BCUT2D eigenvalue weighted by atomic mass is 10.2. The number of nitrogens with zero attached hydrogens (tertiary/aromatic N) is 4. The van der Waals surface area contributed by atoms with Gasteiger partial charge in [-0.15, -0.1) is 10.2 Å². The molecule has 0 atom stereocenters. The molecule has 35 heavy (non-hydrogen) atoms. The summed E-state index contributed by atoms with van der Waals surface area (Å²) in [5, 5.41) is 24.3. The summed E-state index contributed by atoms with van der Waals surface area (Å²) in [6.45, 7) is 1.91. The van der Waals surface area contributed by atoms with E-state index in [1.54, 1.807) is 18.4 Å². The number of carboxylic acid groups (broad SMARTS) is 1. The highest BCUT2D eigenvalue weighted by Gasteiger charge is 2.10. The third-order valence-electron chi connectivity index (χ3n) is 4.84. The van der Waals surface area contributed by atoms with Crippen molar-refractivity contribution < 1.29 is 14.7 Å². The summed E-state index contributed by atoms with van der Waals surface area (Å²) in [5.74, 6) is 0.0109. The highest BCUT2D eigenvalue weighted by atomic mass is 35.5. The fourth-order valence-electron chi connectivity index (χ4n) is 3.15. The zero-order chi connectivity index (χ0) is 24.8. The van der Waals surface area contributed by atoms with Crippen LogP contribution >= 0.6 is 22.9 Å². The van der Waals surface area contributed by atoms with Crippen LogP contribution in [0.25, 0.3) is 27.8 Å². The fraction of sp³-hybridized carbons (Fsp3) is 0.125. The number of amides is 1. The first-order valence-electron chi connectivity index (χ1n) is 10.6. The summed E-state index contributed by atoms with van der Waals surface area (Å²) in [4.78, 5) is 26.8. The SMILES string of the molecule is Cc1nnc(-c2ccc(Nc3nc4ccc(Cl)cc4s3)cc2)n1/C=C\C=C\C(=O)NCCC(=O)O. The van der Waals surface area contributed by atoms with Gasteiger partial charge in [0, 0.05) is 35.1 Å². The Morgan fingerprint density at radius 3 is 2.71 bits per heavy atom. The number of hydrogen-bond donors (Lipinski definition) is 3. The number of benzene rings is 2. The van der Waals surface area contributed by atoms with E-state index in [0.29, 0.717) is 16.7 Å². The molecule has 0 bridgehead atoms. The predicted octanol–water partition coefficient (Wildman–Crippen LogP) is 4.88. The highest BCUT2D eigenvalue weighted by Crippen LogP contribution is 2.31. The molecule has 0 aliphatic heterocycles. The topological polar surface area (TPSA) is 122 Å². The second-order valence-corrected chi connectivity index (χ2v) is 8.88. The summed E-state index contributed by atoms with van der Waals surface area (Å²) in [6.07, 6.45) is 6.21. The minimum absolute atomic E-state index is 0.0785. The summed E-state index contributed by atoms with van der Waals surface area (Å²) >= 11 is 7.59. The standard InChI is InChI=1S/C24H21ClN6O3S/c1-15-29-30-23(31(15)13-3-2-4-21(32)26-12-11-22(33)34)16-5-8-18(9-6-16)27-24-28-19-10-7-17(25)14-20(19)35-24/h2-10,13-14H,11-12H2,1H3,(H,26,32)(H,27,28)(H,33,34)/b4-2+,13-3-. The molecule has 0 saturated heterocycles. The van der Waals surface area contributed by atoms with Crippen molar-refractivity contribution in [1.82, 2.24) is 25.1 Å². The fourth-order valence-corrected chi connectivity index (χ4v) is 4.32. The normalized spacial score (nSPS) is 11.5. The van der Waals surface area contributed by atoms with Crippen molar-refractivity contribution in [2.24, 2.45) is 0 Å². The number of carbonyl (C=O) groups excluding carboxylic acids is 1. The number of carbonyl (C=O) groups is 2. The largest absolute Gasteiger partial charge is 0.481 e. The second-order valence-electron chi connectivity index (χ2n) is 7.41. The van der Waals surface area contributed by atoms with Crippen LogP contribution in [0, 0.1) is 6.92 Å². The summed E-state index contributed by atoms with van der Waals surface area (Å²) < 4.78 is 2.82. The number of aromatic nitrogens is 4. The maximum atomic E-state index is 11.7. The van der Waals surface area contributed by atoms with Crippen LogP contribution in [0.4, 0.5) is 10.8 Å². The third kappa shape index (κ3) is 6.31. The number of anilines is 2. The van der Waals surface area contributed by atoms with Gasteiger partial charge in [-0.05, 0) is 55.5 Å². The molecule has 0 unspecified atom stereocenters. The Morgan fingerprint density at radius 2 is 1.94 bits per heavy atom. The first-order chi connectivity index (χ1) is 16.9. The number of aliphatic carboxylic acids is 1. The van der Waals surface area contributed by atoms with E-state index < -0.39 is 5.97 Å². The smallest absolute Gasteiger partial charge is 0.305 e. The number of allylic oxidation sites excluding steroid dienone is 2. The molecule has 3 N–H and O–H groups in total. The zero-order valence-corrected chi connectivity index (χ0v) is 20.2. The van der Waals surface area contributed by atoms with E-state index in [-0.39, 0.29) is 18.9 Å². The van der Waals surface area contributed by atoms with Crippen LogP contribution in [0.1, 0.15) is 12.2 Å². The summed E-state index contributed by atoms with van der Waals surface area (Å²) in [6, 6.07) is 13.4. The molecule has 2 aromatic carbocycles. The van der Waals surface area contributed by atoms with Gasteiger partial charge in [-0.3, -0.25) is 14.2 Å². The van der Waals surface area contributed by atoms with Crippen LogP contribution in [0.15, 0.2) is 60.7 Å². The molecule has 2 heterocycles. The lowest BCUT2D eigenvalue weighted by Crippen LogP contribution is -2.23. The quantitative estimate of drug-likeness (QED) is 0.217. The average molecular weight is 509 g/mol. The molecule has 0 aliphatic rings. The number of nitrogens with one attached hydrogen (secondary N) is 2. The monoisotopic (exact) mass is 508 g/mol. The van der Waals surface area contributed by atoms with Crippen LogP contribution in [0.5, 0.6) is 0 Å². The maximum Gasteiger partial charge on any atom is 0.305 e. The molecule has 11 heteroatoms. The van der Waals surface area contributed by atoms with Crippen LogP contribution in [0.3, 0.4) is 0 Å². The van der Waals surface area contributed by atoms with Gasteiger partial charge in [-0.2, -0.15) is 0 Å². The number of thiazole rings is 1. The van der Waals surface area contributed by atoms with Gasteiger partial charge in [-0.1, -0.05) is 29.0 Å². The molecule has 0 aliphatic carbocycles. The number of hydrogen-bond acceptors (Lipinski definition) is 7. The summed E-state index contributed by atoms with van der Waals surface area (Å²) in [5.41, 5.74) is 2.64. The van der Waals surface area contributed by atoms with Gasteiger partial charge < -0.3 is 15.7 Å². The minimum atomic E-state index is -0.962. The van der Waals surface area contributed by atoms with Crippen molar-refractivity contribution in [2.45, 2.75) is 13.3 Å². The van der Waals surface area contributed by atoms with Gasteiger partial charge >= 0.3 is 5.97 Å². The van der Waals surface area contributed by atoms with E-state index in [0.717, 1.165) is 26.6 Å². The van der Waals surface area contributed by atoms with Crippen LogP contribution in [-0.4, -0.2) is 43.3 Å². The summed E-state index contributed by atoms with van der Waals surface area (Å²) in [7, 11) is 0. The molecule has 0 fully saturated rings. The molecule has 0 saturated carbocycles. The van der Waals surface area contributed by atoms with E-state index in [9.17, 15) is 9.59 Å². The Hall–Kier alpha value is -4.02. The first-order valence-corrected chi connectivity index (χ1v) is 11.8. The zero-order valence-electron chi connectivity index (χ0n) is 18.6. The van der Waals surface area contributed by atoms with Gasteiger partial charge in [0.25, 0.3) is 0 Å². The third-order valence-corrected chi connectivity index (χ3v) is 6.01. The lowest BCUT2D eigenvalue weighted by Gasteiger charge is -2.06. The van der Waals surface area contributed by atoms with Crippen molar-refractivity contribution in [1.29, 1.82) is 0 Å². The van der Waals surface area contributed by atoms with E-state index in [1.165, 1.54) is 17.4 Å². The van der Waals surface area contributed by atoms with Crippen molar-refractivity contribution in [3.8, 4) is 11.4 Å². The molecule has 178 valence electrons. The predicted molar refractivity (Wildman–Crippen MR) is 138 cm³/mol. The Labute approximate surface area is 209 Å². The van der Waals surface area contributed by atoms with Crippen LogP contribution in [-0.2, 0) is 9.59 Å². The van der Waals surface area contributed by atoms with Crippen LogP contribution < -0.4 is 10.6 Å². The number of carboxylic acids is 1. The Kier molecular flexibility index (Phi) is 7.54. The maximum absolute atomic E-state index is 11.7. The van der Waals surface area contributed by atoms with E-state index in [2.05, 4.69) is 25.8 Å². The highest BCUT2D eigenvalue weighted by molar-refractivity contribution is 7.22. The van der Waals surface area contributed by atoms with Gasteiger partial charge in [-0.25, -0.2) is 4.98 Å². The lowest BCUT2D eigenvalue weighted by molar-refractivity contribution is -0.136.